The molecule has 2 aliphatic carbocycles. The van der Waals surface area contributed by atoms with E-state index < -0.39 is 0 Å². The molecule has 3 heteroatoms. The zero-order chi connectivity index (χ0) is 14.9. The van der Waals surface area contributed by atoms with Gasteiger partial charge in [0.05, 0.1) is 6.07 Å². The van der Waals surface area contributed by atoms with Gasteiger partial charge in [-0.25, -0.2) is 0 Å². The number of nitriles is 1. The highest BCUT2D eigenvalue weighted by Crippen LogP contribution is 2.41. The predicted octanol–water partition coefficient (Wildman–Crippen LogP) is 4.08. The molecule has 0 aromatic heterocycles. The highest BCUT2D eigenvalue weighted by atomic mass is 32.2. The van der Waals surface area contributed by atoms with Gasteiger partial charge < -0.3 is 0 Å². The number of nitrogens with one attached hydrogen (secondary N) is 1. The van der Waals surface area contributed by atoms with Crippen molar-refractivity contribution in [1.29, 1.82) is 5.26 Å². The van der Waals surface area contributed by atoms with Gasteiger partial charge in [-0.1, -0.05) is 6.07 Å². The Kier molecular flexibility index (Phi) is 4.28. The van der Waals surface area contributed by atoms with Gasteiger partial charge in [0.25, 0.3) is 0 Å². The van der Waals surface area contributed by atoms with Crippen molar-refractivity contribution in [2.75, 3.05) is 0 Å². The van der Waals surface area contributed by atoms with Crippen LogP contribution in [-0.2, 0) is 12.8 Å². The van der Waals surface area contributed by atoms with Gasteiger partial charge in [0.15, 0.2) is 0 Å². The Bertz CT molecular complexity index is 561. The van der Waals surface area contributed by atoms with E-state index in [1.807, 2.05) is 11.8 Å². The van der Waals surface area contributed by atoms with Gasteiger partial charge in [0.1, 0.15) is 5.54 Å². The molecule has 0 heterocycles. The third-order valence-electron chi connectivity index (χ3n) is 4.62. The van der Waals surface area contributed by atoms with Crippen LogP contribution in [-0.4, -0.2) is 16.8 Å². The fourth-order valence-corrected chi connectivity index (χ4v) is 5.08. The van der Waals surface area contributed by atoms with Gasteiger partial charge in [-0.3, -0.25) is 5.32 Å². The largest absolute Gasteiger partial charge is 0.297 e. The minimum absolute atomic E-state index is 0.303. The second-order valence-corrected chi connectivity index (χ2v) is 8.13. The van der Waals surface area contributed by atoms with Crippen LogP contribution in [0.4, 0.5) is 0 Å². The van der Waals surface area contributed by atoms with E-state index in [1.165, 1.54) is 24.2 Å². The Labute approximate surface area is 132 Å². The molecule has 3 rings (SSSR count). The Hall–Kier alpha value is -0.980. The third-order valence-corrected chi connectivity index (χ3v) is 5.88. The van der Waals surface area contributed by atoms with Gasteiger partial charge in [0.2, 0.25) is 0 Å². The van der Waals surface area contributed by atoms with E-state index in [0.717, 1.165) is 19.3 Å². The molecule has 2 nitrogen and oxygen atoms in total. The number of aryl methyl sites for hydroxylation is 2. The lowest BCUT2D eigenvalue weighted by molar-refractivity contribution is 0.386. The average Bonchev–Trinajstić information content (AvgIpc) is 3.05. The van der Waals surface area contributed by atoms with Crippen LogP contribution in [0, 0.1) is 11.3 Å². The minimum Gasteiger partial charge on any atom is -0.297 e. The molecule has 1 aromatic rings. The van der Waals surface area contributed by atoms with Crippen LogP contribution in [0.5, 0.6) is 0 Å². The standard InChI is InChI=1S/C18H24N2S/c1-13(2)20-18(12-19)9-8-17(11-18)21-16-7-6-14-4-3-5-15(14)10-16/h6-7,10,13,17,20H,3-5,8-9,11H2,1-2H3. The number of hydrogen-bond acceptors (Lipinski definition) is 3. The van der Waals surface area contributed by atoms with Gasteiger partial charge in [-0.2, -0.15) is 5.26 Å². The van der Waals surface area contributed by atoms with Crippen LogP contribution < -0.4 is 5.32 Å². The van der Waals surface area contributed by atoms with Crippen molar-refractivity contribution in [3.8, 4) is 6.07 Å². The van der Waals surface area contributed by atoms with Gasteiger partial charge in [-0.15, -0.1) is 11.8 Å². The smallest absolute Gasteiger partial charge is 0.108 e. The molecule has 21 heavy (non-hydrogen) atoms. The summed E-state index contributed by atoms with van der Waals surface area (Å²) in [5.74, 6) is 0. The molecule has 1 saturated carbocycles. The highest BCUT2D eigenvalue weighted by molar-refractivity contribution is 8.00. The Morgan fingerprint density at radius 2 is 2.14 bits per heavy atom. The Morgan fingerprint density at radius 1 is 1.33 bits per heavy atom. The molecule has 0 bridgehead atoms. The number of hydrogen-bond donors (Lipinski definition) is 1. The summed E-state index contributed by atoms with van der Waals surface area (Å²) in [4.78, 5) is 1.39. The lowest BCUT2D eigenvalue weighted by atomic mass is 9.99. The SMILES string of the molecule is CC(C)NC1(C#N)CCC(Sc2ccc3c(c2)CCC3)C1. The van der Waals surface area contributed by atoms with Crippen molar-refractivity contribution in [2.24, 2.45) is 0 Å². The minimum atomic E-state index is -0.303. The van der Waals surface area contributed by atoms with Crippen molar-refractivity contribution < 1.29 is 0 Å². The molecule has 2 aliphatic rings. The number of fused-ring (bicyclic) bond motifs is 1. The molecule has 0 radical (unpaired) electrons. The van der Waals surface area contributed by atoms with E-state index >= 15 is 0 Å². The van der Waals surface area contributed by atoms with Crippen LogP contribution >= 0.6 is 11.8 Å². The zero-order valence-electron chi connectivity index (χ0n) is 13.0. The summed E-state index contributed by atoms with van der Waals surface area (Å²) in [5, 5.41) is 13.6. The van der Waals surface area contributed by atoms with E-state index in [2.05, 4.69) is 43.4 Å². The highest BCUT2D eigenvalue weighted by Gasteiger charge is 2.40. The Morgan fingerprint density at radius 3 is 2.90 bits per heavy atom. The van der Waals surface area contributed by atoms with E-state index in [9.17, 15) is 5.26 Å². The van der Waals surface area contributed by atoms with Crippen molar-refractivity contribution in [1.82, 2.24) is 5.32 Å². The molecule has 2 atom stereocenters. The fourth-order valence-electron chi connectivity index (χ4n) is 3.73. The first-order chi connectivity index (χ1) is 10.1. The van der Waals surface area contributed by atoms with Crippen molar-refractivity contribution >= 4 is 11.8 Å². The summed E-state index contributed by atoms with van der Waals surface area (Å²) in [7, 11) is 0. The molecule has 0 spiro atoms. The maximum absolute atomic E-state index is 9.55. The van der Waals surface area contributed by atoms with Crippen LogP contribution in [0.15, 0.2) is 23.1 Å². The molecule has 2 unspecified atom stereocenters. The second kappa shape index (κ2) is 6.02. The summed E-state index contributed by atoms with van der Waals surface area (Å²) in [6.07, 6.45) is 6.87. The molecule has 1 aromatic carbocycles. The Balaban J connectivity index is 1.66. The quantitative estimate of drug-likeness (QED) is 0.910. The summed E-state index contributed by atoms with van der Waals surface area (Å²) in [6, 6.07) is 9.88. The van der Waals surface area contributed by atoms with Crippen LogP contribution in [0.2, 0.25) is 0 Å². The van der Waals surface area contributed by atoms with Crippen molar-refractivity contribution in [2.45, 2.75) is 74.1 Å². The number of nitrogens with zero attached hydrogens (tertiary/aromatic N) is 1. The molecular formula is C18H24N2S. The van der Waals surface area contributed by atoms with E-state index in [-0.39, 0.29) is 5.54 Å². The first-order valence-corrected chi connectivity index (χ1v) is 8.96. The third kappa shape index (κ3) is 3.27. The summed E-state index contributed by atoms with van der Waals surface area (Å²) < 4.78 is 0. The molecule has 0 amide bonds. The maximum Gasteiger partial charge on any atom is 0.108 e. The predicted molar refractivity (Wildman–Crippen MR) is 88.6 cm³/mol. The van der Waals surface area contributed by atoms with Gasteiger partial charge in [-0.05, 0) is 75.6 Å². The average molecular weight is 300 g/mol. The van der Waals surface area contributed by atoms with Crippen LogP contribution in [0.3, 0.4) is 0 Å². The summed E-state index contributed by atoms with van der Waals surface area (Å²) in [6.45, 7) is 4.25. The van der Waals surface area contributed by atoms with Crippen molar-refractivity contribution in [3.05, 3.63) is 29.3 Å². The molecule has 0 saturated heterocycles. The zero-order valence-corrected chi connectivity index (χ0v) is 13.8. The van der Waals surface area contributed by atoms with Crippen molar-refractivity contribution in [3.63, 3.8) is 0 Å². The second-order valence-electron chi connectivity index (χ2n) is 6.76. The molecule has 1 N–H and O–H groups in total. The number of thioether (sulfide) groups is 1. The number of benzene rings is 1. The van der Waals surface area contributed by atoms with Crippen LogP contribution in [0.1, 0.15) is 50.7 Å². The summed E-state index contributed by atoms with van der Waals surface area (Å²) >= 11 is 1.97. The molecule has 1 fully saturated rings. The monoisotopic (exact) mass is 300 g/mol. The van der Waals surface area contributed by atoms with E-state index in [4.69, 9.17) is 0 Å². The lowest BCUT2D eigenvalue weighted by Crippen LogP contribution is -2.45. The molecule has 112 valence electrons. The topological polar surface area (TPSA) is 35.8 Å². The van der Waals surface area contributed by atoms with E-state index in [0.29, 0.717) is 11.3 Å². The molecular weight excluding hydrogens is 276 g/mol. The van der Waals surface area contributed by atoms with E-state index in [1.54, 1.807) is 11.1 Å². The summed E-state index contributed by atoms with van der Waals surface area (Å²) in [5.41, 5.74) is 2.78. The first kappa shape index (κ1) is 14.9. The maximum atomic E-state index is 9.55. The fraction of sp³-hybridized carbons (Fsp3) is 0.611. The molecule has 0 aliphatic heterocycles. The normalized spacial score (nSPS) is 27.8. The number of rotatable bonds is 4. The van der Waals surface area contributed by atoms with Gasteiger partial charge in [0, 0.05) is 16.2 Å². The lowest BCUT2D eigenvalue weighted by Gasteiger charge is -2.25. The van der Waals surface area contributed by atoms with Crippen LogP contribution in [0.25, 0.3) is 0 Å². The van der Waals surface area contributed by atoms with Gasteiger partial charge >= 0.3 is 0 Å². The first-order valence-electron chi connectivity index (χ1n) is 8.08.